The van der Waals surface area contributed by atoms with E-state index in [9.17, 15) is 10.2 Å². The molecule has 2 heteroatoms. The predicted octanol–water partition coefficient (Wildman–Crippen LogP) is 0.201. The first-order valence-corrected chi connectivity index (χ1v) is 6.12. The van der Waals surface area contributed by atoms with E-state index in [4.69, 9.17) is 0 Å². The predicted molar refractivity (Wildman–Crippen MR) is 49.1 cm³/mol. The number of fused-ring (bicyclic) bond motifs is 1. The van der Waals surface area contributed by atoms with Gasteiger partial charge in [-0.05, 0) is 59.2 Å². The van der Waals surface area contributed by atoms with Crippen LogP contribution in [0.5, 0.6) is 0 Å². The zero-order valence-corrected chi connectivity index (χ0v) is 8.08. The van der Waals surface area contributed by atoms with Crippen molar-refractivity contribution in [3.05, 3.63) is 0 Å². The summed E-state index contributed by atoms with van der Waals surface area (Å²) in [6, 6.07) is 0. The van der Waals surface area contributed by atoms with Gasteiger partial charge in [0.15, 0.2) is 0 Å². The molecule has 0 heterocycles. The fourth-order valence-electron chi connectivity index (χ4n) is 6.78. The molecule has 14 heavy (non-hydrogen) atoms. The molecule has 6 saturated carbocycles. The van der Waals surface area contributed by atoms with E-state index in [0.717, 1.165) is 47.3 Å². The highest BCUT2D eigenvalue weighted by Crippen LogP contribution is 2.93. The molecule has 76 valence electrons. The molecule has 10 atom stereocenters. The molecule has 2 N–H and O–H groups in total. The lowest BCUT2D eigenvalue weighted by atomic mass is 9.09. The Balaban J connectivity index is 1.60. The molecular formula is C12H16O2. The van der Waals surface area contributed by atoms with Crippen molar-refractivity contribution < 1.29 is 10.2 Å². The molecule has 0 radical (unpaired) electrons. The second kappa shape index (κ2) is 1.80. The third kappa shape index (κ3) is 0.396. The molecule has 0 saturated heterocycles. The van der Waals surface area contributed by atoms with Gasteiger partial charge in [0.25, 0.3) is 0 Å². The van der Waals surface area contributed by atoms with Crippen molar-refractivity contribution in [3.8, 4) is 0 Å². The molecule has 6 fully saturated rings. The third-order valence-corrected chi connectivity index (χ3v) is 6.85. The first kappa shape index (κ1) is 7.24. The highest BCUT2D eigenvalue weighted by Gasteiger charge is 2.90. The monoisotopic (exact) mass is 192 g/mol. The summed E-state index contributed by atoms with van der Waals surface area (Å²) < 4.78 is 0. The molecule has 0 aromatic heterocycles. The molecule has 6 aliphatic rings. The molecule has 0 amide bonds. The summed E-state index contributed by atoms with van der Waals surface area (Å²) in [6.07, 6.45) is 0. The molecule has 0 aromatic carbocycles. The molecule has 0 spiro atoms. The van der Waals surface area contributed by atoms with Crippen LogP contribution in [0.3, 0.4) is 0 Å². The lowest BCUT2D eigenvalue weighted by molar-refractivity contribution is -0.488. The average molecular weight is 192 g/mol. The molecule has 0 aromatic rings. The highest BCUT2D eigenvalue weighted by molar-refractivity contribution is 5.36. The molecule has 6 rings (SSSR count). The van der Waals surface area contributed by atoms with Crippen LogP contribution in [0.25, 0.3) is 0 Å². The number of rotatable bonds is 2. The smallest absolute Gasteiger partial charge is 0.0465 e. The fourth-order valence-corrected chi connectivity index (χ4v) is 6.78. The van der Waals surface area contributed by atoms with E-state index >= 15 is 0 Å². The lowest BCUT2D eigenvalue weighted by Gasteiger charge is -2.95. The Morgan fingerprint density at radius 1 is 0.500 bits per heavy atom. The van der Waals surface area contributed by atoms with Gasteiger partial charge >= 0.3 is 0 Å². The third-order valence-electron chi connectivity index (χ3n) is 6.85. The van der Waals surface area contributed by atoms with Gasteiger partial charge in [0, 0.05) is 13.2 Å². The Morgan fingerprint density at radius 3 is 1.07 bits per heavy atom. The van der Waals surface area contributed by atoms with Crippen molar-refractivity contribution in [2.45, 2.75) is 0 Å². The Morgan fingerprint density at radius 2 is 0.786 bits per heavy atom. The number of hydrogen-bond acceptors (Lipinski definition) is 2. The minimum absolute atomic E-state index is 0.330. The van der Waals surface area contributed by atoms with Crippen molar-refractivity contribution >= 4 is 0 Å². The number of aliphatic hydroxyl groups is 2. The second-order valence-electron chi connectivity index (χ2n) is 6.31. The summed E-state index contributed by atoms with van der Waals surface area (Å²) in [4.78, 5) is 0. The lowest BCUT2D eigenvalue weighted by Crippen LogP contribution is -2.92. The first-order valence-electron chi connectivity index (χ1n) is 6.12. The summed E-state index contributed by atoms with van der Waals surface area (Å²) >= 11 is 0. The molecular weight excluding hydrogens is 176 g/mol. The van der Waals surface area contributed by atoms with Gasteiger partial charge in [0.05, 0.1) is 0 Å². The van der Waals surface area contributed by atoms with Gasteiger partial charge in [-0.2, -0.15) is 0 Å². The van der Waals surface area contributed by atoms with Crippen LogP contribution in [0, 0.1) is 59.2 Å². The summed E-state index contributed by atoms with van der Waals surface area (Å²) in [6.45, 7) is 0.659. The molecule has 4 unspecified atom stereocenters. The van der Waals surface area contributed by atoms with Crippen molar-refractivity contribution in [1.82, 2.24) is 0 Å². The highest BCUT2D eigenvalue weighted by atomic mass is 16.3. The summed E-state index contributed by atoms with van der Waals surface area (Å²) in [5.74, 6) is 8.77. The van der Waals surface area contributed by atoms with E-state index in [-0.39, 0.29) is 0 Å². The average Bonchev–Trinajstić information content (AvgIpc) is 2.17. The van der Waals surface area contributed by atoms with Gasteiger partial charge in [-0.15, -0.1) is 0 Å². The minimum Gasteiger partial charge on any atom is -0.396 e. The van der Waals surface area contributed by atoms with Gasteiger partial charge in [-0.3, -0.25) is 0 Å². The second-order valence-corrected chi connectivity index (χ2v) is 6.31. The van der Waals surface area contributed by atoms with Gasteiger partial charge in [-0.25, -0.2) is 0 Å². The van der Waals surface area contributed by atoms with Gasteiger partial charge in [-0.1, -0.05) is 0 Å². The Kier molecular flexibility index (Phi) is 0.931. The quantitative estimate of drug-likeness (QED) is 0.656. The van der Waals surface area contributed by atoms with Crippen LogP contribution in [0.2, 0.25) is 0 Å². The van der Waals surface area contributed by atoms with Gasteiger partial charge in [0.1, 0.15) is 0 Å². The van der Waals surface area contributed by atoms with Crippen molar-refractivity contribution in [2.75, 3.05) is 13.2 Å². The Hall–Kier alpha value is -0.0800. The van der Waals surface area contributed by atoms with Crippen LogP contribution >= 0.6 is 0 Å². The van der Waals surface area contributed by atoms with Crippen LogP contribution in [0.1, 0.15) is 0 Å². The van der Waals surface area contributed by atoms with Crippen molar-refractivity contribution in [2.24, 2.45) is 59.2 Å². The fraction of sp³-hybridized carbons (Fsp3) is 1.00. The van der Waals surface area contributed by atoms with E-state index in [0.29, 0.717) is 25.0 Å². The van der Waals surface area contributed by atoms with Crippen molar-refractivity contribution in [3.63, 3.8) is 0 Å². The Bertz CT molecular complexity index is 272. The van der Waals surface area contributed by atoms with Crippen LogP contribution in [-0.4, -0.2) is 23.4 Å². The van der Waals surface area contributed by atoms with Crippen LogP contribution < -0.4 is 0 Å². The van der Waals surface area contributed by atoms with Crippen LogP contribution in [0.15, 0.2) is 0 Å². The standard InChI is InChI=1S/C12H16O2/c13-1-3-4(2-14)6-9-7-5(3)8-10(6)12(9)11(7)8/h3-14H,1-2H2/t3-,4-,5?,6?,7-,8-,9-,10+,11?,12?/m1/s1. The van der Waals surface area contributed by atoms with E-state index < -0.39 is 0 Å². The number of aliphatic hydroxyl groups excluding tert-OH is 2. The van der Waals surface area contributed by atoms with Gasteiger partial charge in [0.2, 0.25) is 0 Å². The summed E-state index contributed by atoms with van der Waals surface area (Å²) in [7, 11) is 0. The maximum absolute atomic E-state index is 9.45. The molecule has 0 aliphatic heterocycles. The normalized spacial score (nSPS) is 79.3. The zero-order chi connectivity index (χ0) is 9.19. The maximum Gasteiger partial charge on any atom is 0.0465 e. The molecule has 6 aliphatic carbocycles. The Labute approximate surface area is 83.3 Å². The number of hydrogen-bond donors (Lipinski definition) is 2. The first-order chi connectivity index (χ1) is 6.90. The minimum atomic E-state index is 0.330. The van der Waals surface area contributed by atoms with Crippen molar-refractivity contribution in [1.29, 1.82) is 0 Å². The van der Waals surface area contributed by atoms with E-state index in [2.05, 4.69) is 0 Å². The summed E-state index contributed by atoms with van der Waals surface area (Å²) in [5, 5.41) is 18.9. The topological polar surface area (TPSA) is 40.5 Å². The zero-order valence-electron chi connectivity index (χ0n) is 8.08. The maximum atomic E-state index is 9.45. The molecule has 2 nitrogen and oxygen atoms in total. The van der Waals surface area contributed by atoms with Crippen LogP contribution in [0.4, 0.5) is 0 Å². The van der Waals surface area contributed by atoms with Gasteiger partial charge < -0.3 is 10.2 Å². The summed E-state index contributed by atoms with van der Waals surface area (Å²) in [5.41, 5.74) is 0. The van der Waals surface area contributed by atoms with Crippen LogP contribution in [-0.2, 0) is 0 Å². The largest absolute Gasteiger partial charge is 0.396 e. The SMILES string of the molecule is OC[C@H]1C2[C@H]3C4C5[C@@H]3C([C@H]5[C@H]42)[C@@H]1CO. The molecule has 2 bridgehead atoms. The van der Waals surface area contributed by atoms with E-state index in [1.807, 2.05) is 0 Å². The van der Waals surface area contributed by atoms with E-state index in [1.54, 1.807) is 0 Å². The van der Waals surface area contributed by atoms with E-state index in [1.165, 1.54) is 0 Å².